The van der Waals surface area contributed by atoms with E-state index in [4.69, 9.17) is 0 Å². The fraction of sp³-hybridized carbons (Fsp3) is 0.571. The van der Waals surface area contributed by atoms with Gasteiger partial charge in [-0.15, -0.1) is 34.2 Å². The Bertz CT molecular complexity index is 842. The molecule has 0 saturated heterocycles. The molecule has 1 aromatic heterocycles. The summed E-state index contributed by atoms with van der Waals surface area (Å²) in [6, 6.07) is 5.69. The van der Waals surface area contributed by atoms with Crippen LogP contribution in [-0.2, 0) is 26.2 Å². The Kier molecular flexibility index (Phi) is 9.57. The molecule has 2 aromatic rings. The van der Waals surface area contributed by atoms with E-state index in [1.165, 1.54) is 31.4 Å². The number of nitrogens with zero attached hydrogens (tertiary/aromatic N) is 4. The Balaban J connectivity index is 0.00000341. The van der Waals surface area contributed by atoms with E-state index in [0.29, 0.717) is 31.5 Å². The fourth-order valence-corrected chi connectivity index (χ4v) is 3.52. The summed E-state index contributed by atoms with van der Waals surface area (Å²) < 4.78 is 40.0. The summed E-state index contributed by atoms with van der Waals surface area (Å²) in [5.74, 6) is 2.31. The fourth-order valence-electron chi connectivity index (χ4n) is 3.52. The molecule has 3 rings (SSSR count). The third-order valence-corrected chi connectivity index (χ3v) is 5.49. The summed E-state index contributed by atoms with van der Waals surface area (Å²) in [5.41, 5.74) is 0.218. The first kappa shape index (κ1) is 25.4. The second kappa shape index (κ2) is 11.7. The van der Waals surface area contributed by atoms with Gasteiger partial charge in [-0.05, 0) is 43.9 Å². The van der Waals surface area contributed by atoms with Gasteiger partial charge in [-0.1, -0.05) is 31.4 Å². The van der Waals surface area contributed by atoms with Gasteiger partial charge in [0.15, 0.2) is 11.8 Å². The van der Waals surface area contributed by atoms with Crippen molar-refractivity contribution < 1.29 is 13.2 Å². The van der Waals surface area contributed by atoms with Gasteiger partial charge in [-0.3, -0.25) is 0 Å². The van der Waals surface area contributed by atoms with Crippen LogP contribution < -0.4 is 10.6 Å². The minimum Gasteiger partial charge on any atom is -0.356 e. The van der Waals surface area contributed by atoms with E-state index < -0.39 is 11.7 Å². The van der Waals surface area contributed by atoms with E-state index in [9.17, 15) is 13.2 Å². The van der Waals surface area contributed by atoms with Crippen LogP contribution in [0.4, 0.5) is 13.2 Å². The van der Waals surface area contributed by atoms with Crippen molar-refractivity contribution in [2.24, 2.45) is 12.0 Å². The maximum absolute atomic E-state index is 12.7. The molecular weight excluding hydrogens is 520 g/mol. The van der Waals surface area contributed by atoms with Crippen molar-refractivity contribution in [3.05, 3.63) is 47.0 Å². The normalized spacial score (nSPS) is 15.5. The highest BCUT2D eigenvalue weighted by molar-refractivity contribution is 14.0. The molecule has 1 fully saturated rings. The molecule has 6 nitrogen and oxygen atoms in total. The van der Waals surface area contributed by atoms with Gasteiger partial charge in [0.05, 0.1) is 5.56 Å². The molecule has 1 aliphatic rings. The van der Waals surface area contributed by atoms with Gasteiger partial charge in [-0.25, -0.2) is 4.99 Å². The molecule has 1 saturated carbocycles. The van der Waals surface area contributed by atoms with E-state index in [0.717, 1.165) is 42.2 Å². The molecule has 1 aromatic carbocycles. The maximum Gasteiger partial charge on any atom is 0.416 e. The average molecular weight is 550 g/mol. The Morgan fingerprint density at radius 1 is 1.13 bits per heavy atom. The molecule has 0 amide bonds. The zero-order chi connectivity index (χ0) is 21.6. The van der Waals surface area contributed by atoms with E-state index >= 15 is 0 Å². The van der Waals surface area contributed by atoms with Crippen molar-refractivity contribution in [2.45, 2.75) is 64.2 Å². The number of halogens is 4. The minimum absolute atomic E-state index is 0. The Hall–Kier alpha value is -1.85. The first-order valence-electron chi connectivity index (χ1n) is 10.4. The Morgan fingerprint density at radius 2 is 1.81 bits per heavy atom. The summed E-state index contributed by atoms with van der Waals surface area (Å²) in [5, 5.41) is 15.0. The molecule has 0 bridgehead atoms. The lowest BCUT2D eigenvalue weighted by atomic mass is 9.96. The Morgan fingerprint density at radius 3 is 2.39 bits per heavy atom. The molecule has 0 spiro atoms. The zero-order valence-corrected chi connectivity index (χ0v) is 20.2. The van der Waals surface area contributed by atoms with Crippen LogP contribution in [0.25, 0.3) is 0 Å². The molecule has 2 N–H and O–H groups in total. The predicted molar refractivity (Wildman–Crippen MR) is 125 cm³/mol. The van der Waals surface area contributed by atoms with E-state index in [1.54, 1.807) is 0 Å². The van der Waals surface area contributed by atoms with Crippen molar-refractivity contribution in [3.63, 3.8) is 0 Å². The number of rotatable bonds is 6. The van der Waals surface area contributed by atoms with Crippen LogP contribution in [-0.4, -0.2) is 33.3 Å². The first-order valence-corrected chi connectivity index (χ1v) is 10.4. The quantitative estimate of drug-likeness (QED) is 0.319. The lowest BCUT2D eigenvalue weighted by molar-refractivity contribution is -0.137. The summed E-state index contributed by atoms with van der Waals surface area (Å²) >= 11 is 0. The van der Waals surface area contributed by atoms with Gasteiger partial charge in [0.1, 0.15) is 12.4 Å². The Labute approximate surface area is 198 Å². The number of benzene rings is 1. The molecule has 31 heavy (non-hydrogen) atoms. The number of aliphatic imine (C=N–C) groups is 1. The van der Waals surface area contributed by atoms with Crippen molar-refractivity contribution in [1.82, 2.24) is 25.4 Å². The molecular formula is C21H30F3IN6. The van der Waals surface area contributed by atoms with E-state index in [2.05, 4.69) is 25.8 Å². The largest absolute Gasteiger partial charge is 0.416 e. The highest BCUT2D eigenvalue weighted by Gasteiger charge is 2.29. The molecule has 1 aliphatic carbocycles. The third-order valence-electron chi connectivity index (χ3n) is 5.49. The molecule has 0 atom stereocenters. The zero-order valence-electron chi connectivity index (χ0n) is 17.9. The molecule has 0 radical (unpaired) electrons. The number of hydrogen-bond donors (Lipinski definition) is 2. The number of hydrogen-bond acceptors (Lipinski definition) is 3. The highest BCUT2D eigenvalue weighted by atomic mass is 127. The van der Waals surface area contributed by atoms with Crippen LogP contribution >= 0.6 is 24.0 Å². The summed E-state index contributed by atoms with van der Waals surface area (Å²) in [6.07, 6.45) is 2.21. The number of nitrogens with one attached hydrogen (secondary N) is 2. The van der Waals surface area contributed by atoms with Crippen LogP contribution in [0.15, 0.2) is 29.3 Å². The predicted octanol–water partition coefficient (Wildman–Crippen LogP) is 4.37. The minimum atomic E-state index is -4.31. The lowest BCUT2D eigenvalue weighted by Gasteiger charge is -2.25. The van der Waals surface area contributed by atoms with Crippen LogP contribution in [0, 0.1) is 6.92 Å². The molecule has 0 aliphatic heterocycles. The van der Waals surface area contributed by atoms with Crippen LogP contribution in [0.1, 0.15) is 54.9 Å². The van der Waals surface area contributed by atoms with Crippen LogP contribution in [0.2, 0.25) is 0 Å². The van der Waals surface area contributed by atoms with Gasteiger partial charge in [0.2, 0.25) is 0 Å². The lowest BCUT2D eigenvalue weighted by Crippen LogP contribution is -2.44. The topological polar surface area (TPSA) is 67.1 Å². The van der Waals surface area contributed by atoms with Crippen molar-refractivity contribution in [3.8, 4) is 0 Å². The van der Waals surface area contributed by atoms with Crippen molar-refractivity contribution >= 4 is 29.9 Å². The van der Waals surface area contributed by atoms with Crippen molar-refractivity contribution in [2.75, 3.05) is 6.54 Å². The van der Waals surface area contributed by atoms with Gasteiger partial charge < -0.3 is 15.2 Å². The standard InChI is InChI=1S/C21H29F3N6.HI/c1-15-28-29-19(30(15)2)14-26-20(27-18-6-4-3-5-7-18)25-13-12-16-8-10-17(11-9-16)21(22,23)24;/h8-11,18H,3-7,12-14H2,1-2H3,(H2,25,26,27);1H. The van der Waals surface area contributed by atoms with Gasteiger partial charge in [0, 0.05) is 19.6 Å². The second-order valence-electron chi connectivity index (χ2n) is 7.74. The smallest absolute Gasteiger partial charge is 0.356 e. The summed E-state index contributed by atoms with van der Waals surface area (Å²) in [7, 11) is 1.91. The molecule has 10 heteroatoms. The van der Waals surface area contributed by atoms with Gasteiger partial charge >= 0.3 is 6.18 Å². The maximum atomic E-state index is 12.7. The number of guanidine groups is 1. The average Bonchev–Trinajstić information content (AvgIpc) is 3.04. The number of alkyl halides is 3. The SMILES string of the molecule is Cc1nnc(CN=C(NCCc2ccc(C(F)(F)F)cc2)NC2CCCCC2)n1C.I. The molecule has 172 valence electrons. The van der Waals surface area contributed by atoms with E-state index in [1.807, 2.05) is 18.5 Å². The number of aryl methyl sites for hydroxylation is 1. The first-order chi connectivity index (χ1) is 14.3. The summed E-state index contributed by atoms with van der Waals surface area (Å²) in [4.78, 5) is 4.66. The second-order valence-corrected chi connectivity index (χ2v) is 7.74. The van der Waals surface area contributed by atoms with Gasteiger partial charge in [-0.2, -0.15) is 13.2 Å². The molecule has 0 unspecified atom stereocenters. The van der Waals surface area contributed by atoms with Crippen LogP contribution in [0.3, 0.4) is 0 Å². The number of aromatic nitrogens is 3. The molecule has 1 heterocycles. The van der Waals surface area contributed by atoms with E-state index in [-0.39, 0.29) is 24.0 Å². The van der Waals surface area contributed by atoms with Gasteiger partial charge in [0.25, 0.3) is 0 Å². The monoisotopic (exact) mass is 550 g/mol. The summed E-state index contributed by atoms with van der Waals surface area (Å²) in [6.45, 7) is 2.87. The third kappa shape index (κ3) is 7.65. The van der Waals surface area contributed by atoms with Crippen molar-refractivity contribution in [1.29, 1.82) is 0 Å². The van der Waals surface area contributed by atoms with Crippen LogP contribution in [0.5, 0.6) is 0 Å². The highest BCUT2D eigenvalue weighted by Crippen LogP contribution is 2.29.